The van der Waals surface area contributed by atoms with Crippen molar-refractivity contribution < 1.29 is 26.4 Å². The molecule has 0 saturated heterocycles. The van der Waals surface area contributed by atoms with Gasteiger partial charge < -0.3 is 5.32 Å². The average molecular weight is 393 g/mol. The van der Waals surface area contributed by atoms with Gasteiger partial charge in [0.2, 0.25) is 5.91 Å². The standard InChI is InChI=1S/C9H7F3INO3S/c1-5(15)14-8-3-2-6(4-7(8)13)18(16,17)9(10,11)12/h2-4H,1H3,(H,14,15). The lowest BCUT2D eigenvalue weighted by Gasteiger charge is -2.10. The van der Waals surface area contributed by atoms with Crippen molar-refractivity contribution in [3.63, 3.8) is 0 Å². The zero-order chi connectivity index (χ0) is 14.1. The van der Waals surface area contributed by atoms with E-state index in [1.807, 2.05) is 0 Å². The highest BCUT2D eigenvalue weighted by Gasteiger charge is 2.46. The minimum absolute atomic E-state index is 0.202. The minimum atomic E-state index is -5.36. The van der Waals surface area contributed by atoms with E-state index in [4.69, 9.17) is 0 Å². The highest BCUT2D eigenvalue weighted by Crippen LogP contribution is 2.32. The molecule has 0 aromatic heterocycles. The van der Waals surface area contributed by atoms with E-state index in [9.17, 15) is 26.4 Å². The molecule has 0 bridgehead atoms. The maximum atomic E-state index is 12.3. The molecule has 1 amide bonds. The second-order valence-corrected chi connectivity index (χ2v) is 6.38. The Labute approximate surface area is 115 Å². The van der Waals surface area contributed by atoms with Gasteiger partial charge in [0.1, 0.15) is 0 Å². The molecule has 0 spiro atoms. The van der Waals surface area contributed by atoms with Crippen LogP contribution >= 0.6 is 22.6 Å². The summed E-state index contributed by atoms with van der Waals surface area (Å²) in [5.74, 6) is -0.403. The molecule has 9 heteroatoms. The maximum absolute atomic E-state index is 12.3. The largest absolute Gasteiger partial charge is 0.501 e. The number of amides is 1. The van der Waals surface area contributed by atoms with Crippen molar-refractivity contribution in [3.05, 3.63) is 21.8 Å². The van der Waals surface area contributed by atoms with E-state index in [2.05, 4.69) is 5.32 Å². The number of sulfone groups is 1. The molecule has 1 aromatic carbocycles. The summed E-state index contributed by atoms with van der Waals surface area (Å²) in [5, 5.41) is 2.37. The first-order chi connectivity index (χ1) is 8.05. The summed E-state index contributed by atoms with van der Waals surface area (Å²) in [7, 11) is -5.36. The van der Waals surface area contributed by atoms with Crippen molar-refractivity contribution in [2.45, 2.75) is 17.3 Å². The van der Waals surface area contributed by atoms with Gasteiger partial charge in [-0.1, -0.05) is 0 Å². The Bertz CT molecular complexity index is 583. The van der Waals surface area contributed by atoms with Crippen LogP contribution in [0.4, 0.5) is 18.9 Å². The van der Waals surface area contributed by atoms with Crippen LogP contribution in [0, 0.1) is 3.57 Å². The van der Waals surface area contributed by atoms with Crippen LogP contribution in [0.25, 0.3) is 0 Å². The number of alkyl halides is 3. The number of anilines is 1. The van der Waals surface area contributed by atoms with E-state index >= 15 is 0 Å². The summed E-state index contributed by atoms with van der Waals surface area (Å²) in [6.07, 6.45) is 0. The van der Waals surface area contributed by atoms with Crippen molar-refractivity contribution in [1.29, 1.82) is 0 Å². The number of hydrogen-bond donors (Lipinski definition) is 1. The third-order valence-electron chi connectivity index (χ3n) is 1.87. The number of rotatable bonds is 2. The van der Waals surface area contributed by atoms with Gasteiger partial charge in [-0.3, -0.25) is 4.79 Å². The van der Waals surface area contributed by atoms with Crippen molar-refractivity contribution in [3.8, 4) is 0 Å². The third kappa shape index (κ3) is 3.13. The number of benzene rings is 1. The fourth-order valence-corrected chi connectivity index (χ4v) is 2.74. The summed E-state index contributed by atoms with van der Waals surface area (Å²) in [6.45, 7) is 1.23. The van der Waals surface area contributed by atoms with Crippen LogP contribution in [0.1, 0.15) is 6.92 Å². The van der Waals surface area contributed by atoms with Crippen LogP contribution in [0.15, 0.2) is 23.1 Å². The molecule has 0 heterocycles. The zero-order valence-electron chi connectivity index (χ0n) is 8.88. The van der Waals surface area contributed by atoms with Gasteiger partial charge in [-0.2, -0.15) is 13.2 Å². The van der Waals surface area contributed by atoms with Crippen LogP contribution in [0.5, 0.6) is 0 Å². The first kappa shape index (κ1) is 15.2. The number of carbonyl (C=O) groups is 1. The summed E-state index contributed by atoms with van der Waals surface area (Å²) >= 11 is 1.64. The van der Waals surface area contributed by atoms with Gasteiger partial charge in [-0.15, -0.1) is 0 Å². The molecule has 1 aromatic rings. The number of nitrogens with one attached hydrogen (secondary N) is 1. The summed E-state index contributed by atoms with van der Waals surface area (Å²) in [5.41, 5.74) is -5.09. The minimum Gasteiger partial charge on any atom is -0.325 e. The van der Waals surface area contributed by atoms with Gasteiger partial charge in [-0.05, 0) is 40.8 Å². The predicted octanol–water partition coefficient (Wildman–Crippen LogP) is 2.54. The van der Waals surface area contributed by atoms with Crippen LogP contribution in [-0.2, 0) is 14.6 Å². The van der Waals surface area contributed by atoms with E-state index in [0.717, 1.165) is 18.2 Å². The molecule has 1 rings (SSSR count). The second-order valence-electron chi connectivity index (χ2n) is 3.27. The topological polar surface area (TPSA) is 63.2 Å². The molecule has 1 N–H and O–H groups in total. The molecule has 0 aliphatic heterocycles. The van der Waals surface area contributed by atoms with E-state index in [1.165, 1.54) is 6.92 Å². The average Bonchev–Trinajstić information content (AvgIpc) is 2.18. The van der Waals surface area contributed by atoms with E-state index < -0.39 is 26.1 Å². The molecular weight excluding hydrogens is 386 g/mol. The second kappa shape index (κ2) is 5.03. The summed E-state index contributed by atoms with van der Waals surface area (Å²) in [4.78, 5) is 9.94. The molecule has 0 aliphatic rings. The monoisotopic (exact) mass is 393 g/mol. The van der Waals surface area contributed by atoms with Gasteiger partial charge in [0, 0.05) is 10.5 Å². The summed E-state index contributed by atoms with van der Waals surface area (Å²) in [6, 6.07) is 2.77. The van der Waals surface area contributed by atoms with Gasteiger partial charge in [0.05, 0.1) is 10.6 Å². The SMILES string of the molecule is CC(=O)Nc1ccc(S(=O)(=O)C(F)(F)F)cc1I. The van der Waals surface area contributed by atoms with Crippen LogP contribution in [-0.4, -0.2) is 19.8 Å². The van der Waals surface area contributed by atoms with Crippen molar-refractivity contribution in [2.24, 2.45) is 0 Å². The molecule has 0 atom stereocenters. The molecule has 0 saturated carbocycles. The van der Waals surface area contributed by atoms with Crippen molar-refractivity contribution in [2.75, 3.05) is 5.32 Å². The molecule has 0 aliphatic carbocycles. The normalized spacial score (nSPS) is 12.3. The van der Waals surface area contributed by atoms with Crippen molar-refractivity contribution >= 4 is 44.0 Å². The Hall–Kier alpha value is -0.840. The maximum Gasteiger partial charge on any atom is 0.501 e. The zero-order valence-corrected chi connectivity index (χ0v) is 11.9. The van der Waals surface area contributed by atoms with E-state index in [0.29, 0.717) is 0 Å². The molecule has 0 unspecified atom stereocenters. The molecule has 0 fully saturated rings. The quantitative estimate of drug-likeness (QED) is 0.786. The Morgan fingerprint density at radius 3 is 2.28 bits per heavy atom. The van der Waals surface area contributed by atoms with Crippen LogP contribution < -0.4 is 5.32 Å². The number of carbonyl (C=O) groups excluding carboxylic acids is 1. The first-order valence-electron chi connectivity index (χ1n) is 4.44. The lowest BCUT2D eigenvalue weighted by molar-refractivity contribution is -0.114. The smallest absolute Gasteiger partial charge is 0.325 e. The molecule has 0 radical (unpaired) electrons. The predicted molar refractivity (Wildman–Crippen MR) is 66.7 cm³/mol. The van der Waals surface area contributed by atoms with Crippen LogP contribution in [0.3, 0.4) is 0 Å². The fraction of sp³-hybridized carbons (Fsp3) is 0.222. The summed E-state index contributed by atoms with van der Waals surface area (Å²) < 4.78 is 59.4. The van der Waals surface area contributed by atoms with Gasteiger partial charge in [0.25, 0.3) is 9.84 Å². The Morgan fingerprint density at radius 1 is 1.33 bits per heavy atom. The first-order valence-corrected chi connectivity index (χ1v) is 7.00. The van der Waals surface area contributed by atoms with E-state index in [1.54, 1.807) is 22.6 Å². The van der Waals surface area contributed by atoms with Crippen LogP contribution in [0.2, 0.25) is 0 Å². The highest BCUT2D eigenvalue weighted by atomic mass is 127. The number of halogens is 4. The van der Waals surface area contributed by atoms with Gasteiger partial charge in [-0.25, -0.2) is 8.42 Å². The molecule has 100 valence electrons. The lowest BCUT2D eigenvalue weighted by atomic mass is 10.3. The van der Waals surface area contributed by atoms with Gasteiger partial charge in [0.15, 0.2) is 0 Å². The lowest BCUT2D eigenvalue weighted by Crippen LogP contribution is -2.23. The molecular formula is C9H7F3INO3S. The fourth-order valence-electron chi connectivity index (χ4n) is 1.09. The molecule has 4 nitrogen and oxygen atoms in total. The Kier molecular flexibility index (Phi) is 4.26. The Balaban J connectivity index is 3.25. The van der Waals surface area contributed by atoms with E-state index in [-0.39, 0.29) is 9.26 Å². The highest BCUT2D eigenvalue weighted by molar-refractivity contribution is 14.1. The number of hydrogen-bond acceptors (Lipinski definition) is 3. The molecule has 18 heavy (non-hydrogen) atoms. The Morgan fingerprint density at radius 2 is 1.89 bits per heavy atom. The van der Waals surface area contributed by atoms with Gasteiger partial charge >= 0.3 is 5.51 Å². The van der Waals surface area contributed by atoms with Crippen molar-refractivity contribution in [1.82, 2.24) is 0 Å². The third-order valence-corrected chi connectivity index (χ3v) is 4.24.